The number of benzene rings is 7. The molecule has 0 fully saturated rings. The lowest BCUT2D eigenvalue weighted by Gasteiger charge is -2.12. The van der Waals surface area contributed by atoms with Gasteiger partial charge in [0.1, 0.15) is 5.84 Å². The number of fused-ring (bicyclic) bond motifs is 4. The molecular formula is C49H37N5. The molecule has 9 rings (SSSR count). The largest absolute Gasteiger partial charge is 0.383 e. The number of nitrogens with one attached hydrogen (secondary N) is 1. The smallest absolute Gasteiger partial charge is 0.154 e. The number of hydrogen-bond donors (Lipinski definition) is 2. The van der Waals surface area contributed by atoms with E-state index in [1.54, 1.807) is 0 Å². The lowest BCUT2D eigenvalue weighted by molar-refractivity contribution is 1.35. The zero-order valence-corrected chi connectivity index (χ0v) is 29.8. The first-order valence-electron chi connectivity index (χ1n) is 17.9. The summed E-state index contributed by atoms with van der Waals surface area (Å²) in [7, 11) is 0. The molecule has 0 atom stereocenters. The Bertz CT molecular complexity index is 2790. The van der Waals surface area contributed by atoms with Crippen LogP contribution in [-0.2, 0) is 0 Å². The summed E-state index contributed by atoms with van der Waals surface area (Å²) >= 11 is 0. The van der Waals surface area contributed by atoms with Crippen LogP contribution in [0.25, 0.3) is 66.0 Å². The Labute approximate surface area is 314 Å². The second-order valence-electron chi connectivity index (χ2n) is 13.2. The number of aryl methyl sites for hydroxylation is 1. The lowest BCUT2D eigenvalue weighted by Crippen LogP contribution is -2.15. The van der Waals surface area contributed by atoms with Crippen molar-refractivity contribution in [1.82, 2.24) is 9.97 Å². The molecule has 258 valence electrons. The van der Waals surface area contributed by atoms with Crippen LogP contribution in [0.5, 0.6) is 0 Å². The van der Waals surface area contributed by atoms with E-state index in [-0.39, 0.29) is 5.84 Å². The van der Waals surface area contributed by atoms with E-state index in [2.05, 4.69) is 126 Å². The van der Waals surface area contributed by atoms with Crippen molar-refractivity contribution in [2.75, 3.05) is 0 Å². The molecule has 0 saturated carbocycles. The van der Waals surface area contributed by atoms with Gasteiger partial charge in [-0.2, -0.15) is 0 Å². The minimum Gasteiger partial charge on any atom is -0.383 e. The van der Waals surface area contributed by atoms with Crippen LogP contribution < -0.4 is 5.73 Å². The van der Waals surface area contributed by atoms with E-state index in [9.17, 15) is 0 Å². The lowest BCUT2D eigenvalue weighted by atomic mass is 9.93. The number of nitrogens with zero attached hydrogens (tertiary/aromatic N) is 3. The van der Waals surface area contributed by atoms with Crippen LogP contribution in [0.1, 0.15) is 16.7 Å². The Morgan fingerprint density at radius 3 is 1.94 bits per heavy atom. The zero-order valence-electron chi connectivity index (χ0n) is 29.8. The Balaban J connectivity index is 0.000000204. The van der Waals surface area contributed by atoms with Crippen LogP contribution >= 0.6 is 0 Å². The quantitative estimate of drug-likeness (QED) is 0.107. The molecule has 9 aromatic rings. The second kappa shape index (κ2) is 15.2. The summed E-state index contributed by atoms with van der Waals surface area (Å²) in [5.74, 6) is 0.534. The van der Waals surface area contributed by atoms with Gasteiger partial charge in [-0.05, 0) is 69.1 Å². The summed E-state index contributed by atoms with van der Waals surface area (Å²) in [5, 5.41) is 13.8. The molecule has 2 heterocycles. The summed E-state index contributed by atoms with van der Waals surface area (Å²) in [6.45, 7) is 2.17. The molecule has 0 radical (unpaired) electrons. The first kappa shape index (κ1) is 33.9. The molecule has 0 aliphatic heterocycles. The van der Waals surface area contributed by atoms with E-state index in [0.29, 0.717) is 5.84 Å². The van der Waals surface area contributed by atoms with E-state index < -0.39 is 0 Å². The Hall–Kier alpha value is -7.24. The van der Waals surface area contributed by atoms with Crippen LogP contribution in [0, 0.1) is 12.3 Å². The van der Waals surface area contributed by atoms with Crippen LogP contribution in [0.4, 0.5) is 0 Å². The number of rotatable bonds is 5. The summed E-state index contributed by atoms with van der Waals surface area (Å²) in [5.41, 5.74) is 16.6. The summed E-state index contributed by atoms with van der Waals surface area (Å²) in [6.07, 6.45) is 3.78. The van der Waals surface area contributed by atoms with Gasteiger partial charge in [-0.3, -0.25) is 10.4 Å². The first-order chi connectivity index (χ1) is 26.5. The fraction of sp³-hybridized carbons (Fsp3) is 0.0204. The van der Waals surface area contributed by atoms with Crippen LogP contribution in [0.15, 0.2) is 193 Å². The van der Waals surface area contributed by atoms with Crippen molar-refractivity contribution in [2.45, 2.75) is 6.92 Å². The summed E-state index contributed by atoms with van der Waals surface area (Å²) < 4.78 is 0. The maximum atomic E-state index is 7.84. The highest BCUT2D eigenvalue weighted by Crippen LogP contribution is 2.35. The van der Waals surface area contributed by atoms with E-state index in [1.165, 1.54) is 44.0 Å². The molecule has 0 saturated heterocycles. The number of nitrogens with two attached hydrogens (primary N) is 1. The molecule has 2 aromatic heterocycles. The van der Waals surface area contributed by atoms with Gasteiger partial charge < -0.3 is 5.73 Å². The third-order valence-corrected chi connectivity index (χ3v) is 9.52. The number of aliphatic imine (C=N–C) groups is 1. The van der Waals surface area contributed by atoms with Crippen molar-refractivity contribution in [3.63, 3.8) is 0 Å². The standard InChI is InChI=1S/C35H24N2.C14H13N3/c1-23-19-27(21-28(20-23)30-11-6-8-25-7-2-3-9-29(25)30)24-13-15-26(16-14-24)35-33-22-36-18-17-31(33)32-10-4-5-12-34(32)37-35;15-13(11-7-3-1-4-8-11)17-14(16)12-9-5-2-6-10-12/h2-22H,1H3;1-10H,(H3,15,16,17). The van der Waals surface area contributed by atoms with Gasteiger partial charge in [0.05, 0.1) is 11.2 Å². The SMILES string of the molecule is Cc1cc(-c2ccc(-c3nc4ccccc4c4ccncc34)cc2)cc(-c2cccc3ccccc23)c1.N=C(N=C(N)c1ccccc1)c1ccccc1. The van der Waals surface area contributed by atoms with E-state index in [0.717, 1.165) is 38.7 Å². The van der Waals surface area contributed by atoms with Gasteiger partial charge in [-0.25, -0.2) is 9.98 Å². The number of amidine groups is 2. The van der Waals surface area contributed by atoms with E-state index >= 15 is 0 Å². The summed E-state index contributed by atoms with van der Waals surface area (Å²) in [6, 6.07) is 59.9. The van der Waals surface area contributed by atoms with Crippen molar-refractivity contribution in [2.24, 2.45) is 10.7 Å². The maximum Gasteiger partial charge on any atom is 0.154 e. The fourth-order valence-corrected chi connectivity index (χ4v) is 6.88. The normalized spacial score (nSPS) is 11.3. The number of aromatic nitrogens is 2. The number of hydrogen-bond acceptors (Lipinski definition) is 3. The van der Waals surface area contributed by atoms with Crippen molar-refractivity contribution in [1.29, 1.82) is 5.41 Å². The average Bonchev–Trinajstić information content (AvgIpc) is 3.24. The molecular weight excluding hydrogens is 659 g/mol. The van der Waals surface area contributed by atoms with Gasteiger partial charge >= 0.3 is 0 Å². The van der Waals surface area contributed by atoms with Gasteiger partial charge in [0, 0.05) is 39.9 Å². The second-order valence-corrected chi connectivity index (χ2v) is 13.2. The third-order valence-electron chi connectivity index (χ3n) is 9.52. The summed E-state index contributed by atoms with van der Waals surface area (Å²) in [4.78, 5) is 13.5. The van der Waals surface area contributed by atoms with Crippen LogP contribution in [-0.4, -0.2) is 21.6 Å². The molecule has 0 amide bonds. The monoisotopic (exact) mass is 695 g/mol. The topological polar surface area (TPSA) is 88.0 Å². The molecule has 54 heavy (non-hydrogen) atoms. The van der Waals surface area contributed by atoms with Gasteiger partial charge in [0.2, 0.25) is 0 Å². The first-order valence-corrected chi connectivity index (χ1v) is 17.9. The van der Waals surface area contributed by atoms with Crippen LogP contribution in [0.2, 0.25) is 0 Å². The van der Waals surface area contributed by atoms with Gasteiger partial charge in [-0.15, -0.1) is 0 Å². The van der Waals surface area contributed by atoms with E-state index in [1.807, 2.05) is 79.1 Å². The van der Waals surface area contributed by atoms with Gasteiger partial charge in [0.15, 0.2) is 5.84 Å². The molecule has 0 aliphatic carbocycles. The van der Waals surface area contributed by atoms with E-state index in [4.69, 9.17) is 16.1 Å². The molecule has 0 unspecified atom stereocenters. The zero-order chi connectivity index (χ0) is 36.9. The molecule has 0 aliphatic rings. The minimum absolute atomic E-state index is 0.173. The predicted molar refractivity (Wildman–Crippen MR) is 226 cm³/mol. The molecule has 3 N–H and O–H groups in total. The van der Waals surface area contributed by atoms with Crippen LogP contribution in [0.3, 0.4) is 0 Å². The van der Waals surface area contributed by atoms with Gasteiger partial charge in [0.25, 0.3) is 0 Å². The maximum absolute atomic E-state index is 7.84. The Morgan fingerprint density at radius 2 is 1.17 bits per heavy atom. The Kier molecular flexibility index (Phi) is 9.51. The molecule has 5 heteroatoms. The predicted octanol–water partition coefficient (Wildman–Crippen LogP) is 11.7. The number of para-hydroxylation sites is 1. The molecule has 5 nitrogen and oxygen atoms in total. The highest BCUT2D eigenvalue weighted by Gasteiger charge is 2.12. The highest BCUT2D eigenvalue weighted by molar-refractivity contribution is 6.11. The van der Waals surface area contributed by atoms with Crippen molar-refractivity contribution >= 4 is 44.1 Å². The van der Waals surface area contributed by atoms with Crippen molar-refractivity contribution < 1.29 is 0 Å². The average molecular weight is 696 g/mol. The molecule has 0 bridgehead atoms. The number of pyridine rings is 2. The third kappa shape index (κ3) is 7.11. The highest BCUT2D eigenvalue weighted by atomic mass is 14.9. The van der Waals surface area contributed by atoms with Crippen molar-refractivity contribution in [3.05, 3.63) is 205 Å². The Morgan fingerprint density at radius 1 is 0.537 bits per heavy atom. The molecule has 0 spiro atoms. The van der Waals surface area contributed by atoms with Crippen molar-refractivity contribution in [3.8, 4) is 33.5 Å². The minimum atomic E-state index is 0.173. The molecule has 7 aromatic carbocycles. The van der Waals surface area contributed by atoms with Gasteiger partial charge in [-0.1, -0.05) is 158 Å². The fourth-order valence-electron chi connectivity index (χ4n) is 6.88.